The van der Waals surface area contributed by atoms with Gasteiger partial charge in [-0.05, 0) is 43.5 Å². The predicted octanol–water partition coefficient (Wildman–Crippen LogP) is 2.20. The van der Waals surface area contributed by atoms with E-state index in [4.69, 9.17) is 10.5 Å². The summed E-state index contributed by atoms with van der Waals surface area (Å²) in [5, 5.41) is 3.57. The number of ether oxygens (including phenoxy) is 1. The molecule has 0 heterocycles. The summed E-state index contributed by atoms with van der Waals surface area (Å²) in [6.07, 6.45) is 0.931. The molecule has 3 N–H and O–H groups in total. The van der Waals surface area contributed by atoms with Crippen LogP contribution in [0.25, 0.3) is 0 Å². The van der Waals surface area contributed by atoms with Crippen molar-refractivity contribution in [1.29, 1.82) is 0 Å². The van der Waals surface area contributed by atoms with Gasteiger partial charge in [0.15, 0.2) is 0 Å². The van der Waals surface area contributed by atoms with Crippen LogP contribution in [0.15, 0.2) is 24.3 Å². The minimum Gasteiger partial charge on any atom is -0.497 e. The monoisotopic (exact) mass is 250 g/mol. The van der Waals surface area contributed by atoms with Crippen LogP contribution < -0.4 is 15.8 Å². The van der Waals surface area contributed by atoms with Crippen molar-refractivity contribution in [1.82, 2.24) is 5.32 Å². The summed E-state index contributed by atoms with van der Waals surface area (Å²) in [7, 11) is 1.68. The van der Waals surface area contributed by atoms with Crippen molar-refractivity contribution in [3.05, 3.63) is 29.8 Å². The van der Waals surface area contributed by atoms with Crippen LogP contribution in [0.1, 0.15) is 26.3 Å². The van der Waals surface area contributed by atoms with E-state index in [9.17, 15) is 0 Å². The summed E-state index contributed by atoms with van der Waals surface area (Å²) in [5.41, 5.74) is 7.14. The Morgan fingerprint density at radius 2 is 1.89 bits per heavy atom. The third kappa shape index (κ3) is 4.67. The number of nitrogens with one attached hydrogen (secondary N) is 1. The Morgan fingerprint density at radius 3 is 2.33 bits per heavy atom. The first-order valence-electron chi connectivity index (χ1n) is 6.57. The number of hydrogen-bond acceptors (Lipinski definition) is 3. The lowest BCUT2D eigenvalue weighted by atomic mass is 9.92. The van der Waals surface area contributed by atoms with Gasteiger partial charge in [0, 0.05) is 12.1 Å². The smallest absolute Gasteiger partial charge is 0.118 e. The molecule has 0 aliphatic rings. The van der Waals surface area contributed by atoms with E-state index in [1.54, 1.807) is 7.11 Å². The van der Waals surface area contributed by atoms with Crippen molar-refractivity contribution in [2.45, 2.75) is 32.7 Å². The number of rotatable bonds is 7. The lowest BCUT2D eigenvalue weighted by Gasteiger charge is -2.30. The molecule has 0 fully saturated rings. The van der Waals surface area contributed by atoms with Crippen LogP contribution >= 0.6 is 0 Å². The van der Waals surface area contributed by atoms with E-state index in [1.165, 1.54) is 5.56 Å². The Kier molecular flexibility index (Phi) is 5.63. The van der Waals surface area contributed by atoms with Crippen LogP contribution in [0.2, 0.25) is 0 Å². The molecule has 18 heavy (non-hydrogen) atoms. The van der Waals surface area contributed by atoms with E-state index in [-0.39, 0.29) is 5.54 Å². The highest BCUT2D eigenvalue weighted by Crippen LogP contribution is 2.16. The Hall–Kier alpha value is -1.06. The Bertz CT molecular complexity index is 348. The fourth-order valence-electron chi connectivity index (χ4n) is 1.85. The SMILES string of the molecule is COc1ccc(CC(C)(CN)NCC(C)C)cc1. The molecule has 1 aromatic carbocycles. The molecule has 102 valence electrons. The average molecular weight is 250 g/mol. The first-order chi connectivity index (χ1) is 8.49. The highest BCUT2D eigenvalue weighted by atomic mass is 16.5. The third-order valence-electron chi connectivity index (χ3n) is 3.14. The van der Waals surface area contributed by atoms with Gasteiger partial charge in [-0.25, -0.2) is 0 Å². The molecule has 0 bridgehead atoms. The second-order valence-electron chi connectivity index (χ2n) is 5.56. The normalized spacial score (nSPS) is 14.6. The van der Waals surface area contributed by atoms with Crippen LogP contribution in [-0.4, -0.2) is 25.7 Å². The van der Waals surface area contributed by atoms with Crippen LogP contribution in [0, 0.1) is 5.92 Å². The molecule has 0 amide bonds. The Morgan fingerprint density at radius 1 is 1.28 bits per heavy atom. The highest BCUT2D eigenvalue weighted by Gasteiger charge is 2.22. The van der Waals surface area contributed by atoms with Gasteiger partial charge in [0.25, 0.3) is 0 Å². The average Bonchev–Trinajstić information content (AvgIpc) is 2.37. The molecule has 0 aromatic heterocycles. The number of nitrogens with two attached hydrogens (primary N) is 1. The minimum atomic E-state index is -0.0428. The molecule has 0 saturated heterocycles. The van der Waals surface area contributed by atoms with E-state index in [0.29, 0.717) is 12.5 Å². The quantitative estimate of drug-likeness (QED) is 0.780. The maximum absolute atomic E-state index is 5.91. The van der Waals surface area contributed by atoms with E-state index in [0.717, 1.165) is 18.7 Å². The summed E-state index contributed by atoms with van der Waals surface area (Å²) in [4.78, 5) is 0. The summed E-state index contributed by atoms with van der Waals surface area (Å²) >= 11 is 0. The molecule has 0 radical (unpaired) electrons. The molecule has 1 rings (SSSR count). The van der Waals surface area contributed by atoms with Crippen molar-refractivity contribution in [2.24, 2.45) is 11.7 Å². The highest BCUT2D eigenvalue weighted by molar-refractivity contribution is 5.28. The zero-order chi connectivity index (χ0) is 13.6. The third-order valence-corrected chi connectivity index (χ3v) is 3.14. The topological polar surface area (TPSA) is 47.3 Å². The maximum atomic E-state index is 5.91. The Labute approximate surface area is 111 Å². The summed E-state index contributed by atoms with van der Waals surface area (Å²) in [6, 6.07) is 8.19. The van der Waals surface area contributed by atoms with Gasteiger partial charge in [0.1, 0.15) is 5.75 Å². The number of hydrogen-bond donors (Lipinski definition) is 2. The van der Waals surface area contributed by atoms with E-state index in [2.05, 4.69) is 38.2 Å². The first kappa shape index (κ1) is 15.0. The summed E-state index contributed by atoms with van der Waals surface area (Å²) < 4.78 is 5.16. The summed E-state index contributed by atoms with van der Waals surface area (Å²) in [6.45, 7) is 8.21. The van der Waals surface area contributed by atoms with Gasteiger partial charge in [-0.2, -0.15) is 0 Å². The minimum absolute atomic E-state index is 0.0428. The van der Waals surface area contributed by atoms with Gasteiger partial charge in [-0.1, -0.05) is 26.0 Å². The van der Waals surface area contributed by atoms with Gasteiger partial charge in [0.2, 0.25) is 0 Å². The maximum Gasteiger partial charge on any atom is 0.118 e. The number of methoxy groups -OCH3 is 1. The molecular weight excluding hydrogens is 224 g/mol. The van der Waals surface area contributed by atoms with E-state index >= 15 is 0 Å². The first-order valence-corrected chi connectivity index (χ1v) is 6.57. The molecule has 0 aliphatic heterocycles. The largest absolute Gasteiger partial charge is 0.497 e. The van der Waals surface area contributed by atoms with E-state index < -0.39 is 0 Å². The Balaban J connectivity index is 2.65. The van der Waals surface area contributed by atoms with Gasteiger partial charge in [0.05, 0.1) is 7.11 Å². The molecule has 1 unspecified atom stereocenters. The molecule has 0 saturated carbocycles. The van der Waals surface area contributed by atoms with Crippen LogP contribution in [-0.2, 0) is 6.42 Å². The molecule has 3 heteroatoms. The predicted molar refractivity (Wildman–Crippen MR) is 77.0 cm³/mol. The lowest BCUT2D eigenvalue weighted by molar-refractivity contribution is 0.340. The van der Waals surface area contributed by atoms with Gasteiger partial charge in [-0.3, -0.25) is 0 Å². The van der Waals surface area contributed by atoms with E-state index in [1.807, 2.05) is 12.1 Å². The molecule has 1 atom stereocenters. The van der Waals surface area contributed by atoms with Gasteiger partial charge in [-0.15, -0.1) is 0 Å². The van der Waals surface area contributed by atoms with Crippen molar-refractivity contribution in [3.63, 3.8) is 0 Å². The molecule has 0 spiro atoms. The van der Waals surface area contributed by atoms with Crippen LogP contribution in [0.5, 0.6) is 5.75 Å². The van der Waals surface area contributed by atoms with Crippen LogP contribution in [0.3, 0.4) is 0 Å². The molecule has 1 aromatic rings. The number of benzene rings is 1. The van der Waals surface area contributed by atoms with Crippen molar-refractivity contribution < 1.29 is 4.74 Å². The van der Waals surface area contributed by atoms with Crippen molar-refractivity contribution in [3.8, 4) is 5.75 Å². The van der Waals surface area contributed by atoms with Gasteiger partial charge >= 0.3 is 0 Å². The standard InChI is InChI=1S/C15H26N2O/c1-12(2)10-17-15(3,11-16)9-13-5-7-14(18-4)8-6-13/h5-8,12,17H,9-11,16H2,1-4H3. The molecule has 0 aliphatic carbocycles. The second kappa shape index (κ2) is 6.76. The molecular formula is C15H26N2O. The van der Waals surface area contributed by atoms with Crippen molar-refractivity contribution >= 4 is 0 Å². The van der Waals surface area contributed by atoms with Gasteiger partial charge < -0.3 is 15.8 Å². The lowest BCUT2D eigenvalue weighted by Crippen LogP contribution is -2.51. The fraction of sp³-hybridized carbons (Fsp3) is 0.600. The zero-order valence-corrected chi connectivity index (χ0v) is 12.0. The van der Waals surface area contributed by atoms with Crippen molar-refractivity contribution in [2.75, 3.05) is 20.2 Å². The molecule has 3 nitrogen and oxygen atoms in total. The second-order valence-corrected chi connectivity index (χ2v) is 5.56. The summed E-state index contributed by atoms with van der Waals surface area (Å²) in [5.74, 6) is 1.52. The zero-order valence-electron chi connectivity index (χ0n) is 12.0. The fourth-order valence-corrected chi connectivity index (χ4v) is 1.85. The van der Waals surface area contributed by atoms with Crippen LogP contribution in [0.4, 0.5) is 0 Å².